The summed E-state index contributed by atoms with van der Waals surface area (Å²) in [6.07, 6.45) is 2.32. The summed E-state index contributed by atoms with van der Waals surface area (Å²) in [5, 5.41) is 3.73. The Bertz CT molecular complexity index is 2790. The first-order valence-electron chi connectivity index (χ1n) is 20.8. The summed E-state index contributed by atoms with van der Waals surface area (Å²) in [6.45, 7) is 27.5. The molecule has 3 nitrogen and oxygen atoms in total. The topological polar surface area (TPSA) is 13.1 Å². The summed E-state index contributed by atoms with van der Waals surface area (Å²) in [4.78, 5) is 2.45. The maximum Gasteiger partial charge on any atom is 0.0721 e. The van der Waals surface area contributed by atoms with Gasteiger partial charge in [-0.25, -0.2) is 0 Å². The van der Waals surface area contributed by atoms with Crippen molar-refractivity contribution in [2.24, 2.45) is 0 Å². The van der Waals surface area contributed by atoms with E-state index in [2.05, 4.69) is 257 Å². The van der Waals surface area contributed by atoms with Crippen molar-refractivity contribution in [3.63, 3.8) is 0 Å². The number of nitrogens with zero attached hydrogens (tertiary/aromatic N) is 3. The van der Waals surface area contributed by atoms with E-state index in [9.17, 15) is 0 Å². The highest BCUT2D eigenvalue weighted by molar-refractivity contribution is 9.11. The maximum absolute atomic E-state index is 4.12. The molecule has 0 atom stereocenters. The number of anilines is 3. The van der Waals surface area contributed by atoms with Gasteiger partial charge in [-0.15, -0.1) is 0 Å². The third kappa shape index (κ3) is 7.59. The lowest BCUT2D eigenvalue weighted by atomic mass is 9.85. The van der Waals surface area contributed by atoms with Crippen molar-refractivity contribution in [2.75, 3.05) is 4.90 Å². The standard InChI is InChI=1S/C54H57Br2N3/c1-51(2,3)34-18-23-39(24-19-34)58(50-33-57(38-16-14-13-15-17-38)45-25-20-37(30-42(45)50)54(10,11)12)48-32-49(44(56)31-43(48)55)59-46-26-21-35(52(4,5)6)28-40(46)41-29-36(53(7,8)9)22-27-47(41)59/h13-33H,1-12H3. The Hall–Kier alpha value is -4.58. The van der Waals surface area contributed by atoms with E-state index >= 15 is 0 Å². The fraction of sp³-hybridized carbons (Fsp3) is 0.296. The average molecular weight is 908 g/mol. The van der Waals surface area contributed by atoms with Crippen molar-refractivity contribution >= 4 is 81.6 Å². The molecule has 0 radical (unpaired) electrons. The van der Waals surface area contributed by atoms with E-state index in [1.165, 1.54) is 49.4 Å². The van der Waals surface area contributed by atoms with E-state index in [-0.39, 0.29) is 21.7 Å². The van der Waals surface area contributed by atoms with Crippen LogP contribution in [0.4, 0.5) is 17.1 Å². The predicted octanol–water partition coefficient (Wildman–Crippen LogP) is 16.9. The SMILES string of the molecule is CC(C)(C)c1ccc(N(c2cc(-n3c4ccc(C(C)(C)C)cc4c4cc(C(C)(C)C)ccc43)c(Br)cc2Br)c2cn(-c3ccccc3)c3ccc(C(C)(C)C)cc23)cc1. The summed E-state index contributed by atoms with van der Waals surface area (Å²) in [6, 6.07) is 45.5. The molecule has 0 spiro atoms. The van der Waals surface area contributed by atoms with Crippen molar-refractivity contribution in [1.82, 2.24) is 9.13 Å². The molecule has 0 aliphatic rings. The van der Waals surface area contributed by atoms with Gasteiger partial charge in [-0.1, -0.05) is 132 Å². The molecule has 2 aromatic heterocycles. The number of hydrogen-bond donors (Lipinski definition) is 0. The van der Waals surface area contributed by atoms with Crippen molar-refractivity contribution in [2.45, 2.75) is 105 Å². The highest BCUT2D eigenvalue weighted by Gasteiger charge is 2.27. The van der Waals surface area contributed by atoms with Gasteiger partial charge in [0, 0.05) is 42.7 Å². The Balaban J connectivity index is 1.45. The average Bonchev–Trinajstić information content (AvgIpc) is 3.70. The van der Waals surface area contributed by atoms with Gasteiger partial charge in [0.15, 0.2) is 0 Å². The number of benzene rings is 6. The van der Waals surface area contributed by atoms with E-state index < -0.39 is 0 Å². The van der Waals surface area contributed by atoms with Crippen LogP contribution in [-0.2, 0) is 21.7 Å². The molecule has 0 unspecified atom stereocenters. The Morgan fingerprint density at radius 1 is 0.424 bits per heavy atom. The third-order valence-corrected chi connectivity index (χ3v) is 13.2. The molecule has 0 fully saturated rings. The summed E-state index contributed by atoms with van der Waals surface area (Å²) < 4.78 is 6.80. The minimum atomic E-state index is -0.0267. The molecule has 6 aromatic carbocycles. The maximum atomic E-state index is 4.12. The number of aromatic nitrogens is 2. The molecule has 8 rings (SSSR count). The number of hydrogen-bond acceptors (Lipinski definition) is 1. The summed E-state index contributed by atoms with van der Waals surface area (Å²) in [7, 11) is 0. The van der Waals surface area contributed by atoms with Crippen LogP contribution >= 0.6 is 31.9 Å². The second kappa shape index (κ2) is 14.6. The molecule has 302 valence electrons. The first-order valence-corrected chi connectivity index (χ1v) is 22.4. The largest absolute Gasteiger partial charge is 0.314 e. The minimum absolute atomic E-state index is 0.0183. The van der Waals surface area contributed by atoms with Crippen LogP contribution in [0.1, 0.15) is 105 Å². The quantitative estimate of drug-likeness (QED) is 0.168. The van der Waals surface area contributed by atoms with E-state index in [0.29, 0.717) is 0 Å². The molecule has 0 aliphatic heterocycles. The Labute approximate surface area is 368 Å². The first-order chi connectivity index (χ1) is 27.6. The highest BCUT2D eigenvalue weighted by Crippen LogP contribution is 2.48. The summed E-state index contributed by atoms with van der Waals surface area (Å²) >= 11 is 8.21. The van der Waals surface area contributed by atoms with Gasteiger partial charge in [0.2, 0.25) is 0 Å². The molecule has 2 heterocycles. The molecule has 8 aromatic rings. The minimum Gasteiger partial charge on any atom is -0.314 e. The first kappa shape index (κ1) is 41.2. The molecule has 59 heavy (non-hydrogen) atoms. The Morgan fingerprint density at radius 3 is 1.37 bits per heavy atom. The number of halogens is 2. The van der Waals surface area contributed by atoms with E-state index in [4.69, 9.17) is 0 Å². The van der Waals surface area contributed by atoms with Crippen molar-refractivity contribution < 1.29 is 0 Å². The van der Waals surface area contributed by atoms with Crippen LogP contribution in [0.5, 0.6) is 0 Å². The lowest BCUT2D eigenvalue weighted by Crippen LogP contribution is -2.14. The van der Waals surface area contributed by atoms with E-state index in [1.54, 1.807) is 0 Å². The molecule has 0 bridgehead atoms. The van der Waals surface area contributed by atoms with Gasteiger partial charge < -0.3 is 14.0 Å². The zero-order valence-electron chi connectivity index (χ0n) is 36.7. The number of fused-ring (bicyclic) bond motifs is 4. The van der Waals surface area contributed by atoms with Crippen molar-refractivity contribution in [3.8, 4) is 11.4 Å². The van der Waals surface area contributed by atoms with Gasteiger partial charge in [0.25, 0.3) is 0 Å². The lowest BCUT2D eigenvalue weighted by molar-refractivity contribution is 0.590. The molecular weight excluding hydrogens is 850 g/mol. The third-order valence-electron chi connectivity index (χ3n) is 11.9. The molecule has 0 aliphatic carbocycles. The van der Waals surface area contributed by atoms with Gasteiger partial charge in [-0.2, -0.15) is 0 Å². The Morgan fingerprint density at radius 2 is 0.881 bits per heavy atom. The zero-order chi connectivity index (χ0) is 42.4. The van der Waals surface area contributed by atoms with Crippen LogP contribution in [0, 0.1) is 0 Å². The van der Waals surface area contributed by atoms with E-state index in [0.717, 1.165) is 42.9 Å². The Kier molecular flexibility index (Phi) is 10.2. The molecule has 0 amide bonds. The predicted molar refractivity (Wildman–Crippen MR) is 262 cm³/mol. The monoisotopic (exact) mass is 905 g/mol. The molecular formula is C54H57Br2N3. The zero-order valence-corrected chi connectivity index (χ0v) is 39.9. The van der Waals surface area contributed by atoms with Crippen molar-refractivity contribution in [3.05, 3.63) is 159 Å². The molecule has 0 saturated carbocycles. The number of rotatable bonds is 5. The van der Waals surface area contributed by atoms with Gasteiger partial charge in [0.05, 0.1) is 33.6 Å². The van der Waals surface area contributed by atoms with Crippen LogP contribution in [0.15, 0.2) is 136 Å². The van der Waals surface area contributed by atoms with Crippen molar-refractivity contribution in [1.29, 1.82) is 0 Å². The normalized spacial score (nSPS) is 12.9. The molecule has 0 N–H and O–H groups in total. The lowest BCUT2D eigenvalue weighted by Gasteiger charge is -2.28. The van der Waals surface area contributed by atoms with Gasteiger partial charge >= 0.3 is 0 Å². The second-order valence-corrected chi connectivity index (χ2v) is 22.1. The molecule has 0 saturated heterocycles. The fourth-order valence-electron chi connectivity index (χ4n) is 8.26. The van der Waals surface area contributed by atoms with Gasteiger partial charge in [-0.05, 0) is 149 Å². The summed E-state index contributed by atoms with van der Waals surface area (Å²) in [5.41, 5.74) is 14.3. The highest BCUT2D eigenvalue weighted by atomic mass is 79.9. The number of para-hydroxylation sites is 1. The van der Waals surface area contributed by atoms with E-state index in [1.807, 2.05) is 0 Å². The van der Waals surface area contributed by atoms with Gasteiger partial charge in [0.1, 0.15) is 0 Å². The van der Waals surface area contributed by atoms with Crippen LogP contribution in [0.3, 0.4) is 0 Å². The van der Waals surface area contributed by atoms with Crippen LogP contribution in [-0.4, -0.2) is 9.13 Å². The second-order valence-electron chi connectivity index (χ2n) is 20.4. The van der Waals surface area contributed by atoms with Crippen LogP contribution in [0.25, 0.3) is 44.1 Å². The molecule has 5 heteroatoms. The van der Waals surface area contributed by atoms with Crippen LogP contribution < -0.4 is 4.90 Å². The van der Waals surface area contributed by atoms with Gasteiger partial charge in [-0.3, -0.25) is 0 Å². The summed E-state index contributed by atoms with van der Waals surface area (Å²) in [5.74, 6) is 0. The smallest absolute Gasteiger partial charge is 0.0721 e. The fourth-order valence-corrected chi connectivity index (χ4v) is 9.61. The van der Waals surface area contributed by atoms with Crippen LogP contribution in [0.2, 0.25) is 0 Å².